The van der Waals surface area contributed by atoms with Gasteiger partial charge in [-0.2, -0.15) is 4.31 Å². The maximum atomic E-state index is 11.6. The molecular formula is C12H19NO2S. The molecule has 0 aromatic heterocycles. The summed E-state index contributed by atoms with van der Waals surface area (Å²) in [4.78, 5) is 0. The van der Waals surface area contributed by atoms with Crippen LogP contribution in [0.25, 0.3) is 0 Å². The Morgan fingerprint density at radius 1 is 1.12 bits per heavy atom. The van der Waals surface area contributed by atoms with E-state index in [2.05, 4.69) is 0 Å². The summed E-state index contributed by atoms with van der Waals surface area (Å²) in [5, 5.41) is 0. The van der Waals surface area contributed by atoms with Gasteiger partial charge in [-0.3, -0.25) is 0 Å². The van der Waals surface area contributed by atoms with Crippen molar-refractivity contribution in [2.24, 2.45) is 5.92 Å². The van der Waals surface area contributed by atoms with Crippen molar-refractivity contribution >= 4 is 10.0 Å². The van der Waals surface area contributed by atoms with Gasteiger partial charge in [-0.05, 0) is 11.5 Å². The number of benzene rings is 1. The first-order chi connectivity index (χ1) is 7.34. The second kappa shape index (κ2) is 4.97. The first kappa shape index (κ1) is 13.2. The Balaban J connectivity index is 3.12. The molecule has 0 aliphatic carbocycles. The third kappa shape index (κ3) is 3.06. The van der Waals surface area contributed by atoms with Crippen molar-refractivity contribution in [3.63, 3.8) is 0 Å². The molecule has 0 aliphatic heterocycles. The van der Waals surface area contributed by atoms with Gasteiger partial charge < -0.3 is 0 Å². The molecule has 16 heavy (non-hydrogen) atoms. The van der Waals surface area contributed by atoms with E-state index >= 15 is 0 Å². The molecule has 0 bridgehead atoms. The average Bonchev–Trinajstić information content (AvgIpc) is 2.17. The largest absolute Gasteiger partial charge is 0.212 e. The highest BCUT2D eigenvalue weighted by Gasteiger charge is 2.26. The fourth-order valence-electron chi connectivity index (χ4n) is 1.87. The highest BCUT2D eigenvalue weighted by Crippen LogP contribution is 2.28. The van der Waals surface area contributed by atoms with Gasteiger partial charge in [-0.1, -0.05) is 44.2 Å². The fraction of sp³-hybridized carbons (Fsp3) is 0.500. The fourth-order valence-corrected chi connectivity index (χ4v) is 2.65. The molecule has 90 valence electrons. The van der Waals surface area contributed by atoms with Crippen LogP contribution in [0.4, 0.5) is 0 Å². The quantitative estimate of drug-likeness (QED) is 0.811. The van der Waals surface area contributed by atoms with E-state index in [9.17, 15) is 8.42 Å². The Kier molecular flexibility index (Phi) is 4.10. The minimum absolute atomic E-state index is 0.101. The zero-order chi connectivity index (χ0) is 12.3. The zero-order valence-electron chi connectivity index (χ0n) is 10.2. The first-order valence-electron chi connectivity index (χ1n) is 5.32. The van der Waals surface area contributed by atoms with Crippen LogP contribution in [0.15, 0.2) is 30.3 Å². The molecule has 1 atom stereocenters. The maximum Gasteiger partial charge on any atom is 0.211 e. The van der Waals surface area contributed by atoms with Crippen LogP contribution in [0.2, 0.25) is 0 Å². The van der Waals surface area contributed by atoms with Crippen LogP contribution >= 0.6 is 0 Å². The van der Waals surface area contributed by atoms with Crippen molar-refractivity contribution in [1.29, 1.82) is 0 Å². The molecule has 0 saturated carbocycles. The van der Waals surface area contributed by atoms with E-state index in [1.165, 1.54) is 10.6 Å². The van der Waals surface area contributed by atoms with Crippen molar-refractivity contribution in [1.82, 2.24) is 4.31 Å². The Labute approximate surface area is 98.1 Å². The number of nitrogens with zero attached hydrogens (tertiary/aromatic N) is 1. The lowest BCUT2D eigenvalue weighted by molar-refractivity contribution is 0.302. The summed E-state index contributed by atoms with van der Waals surface area (Å²) in [6.45, 7) is 4.05. The first-order valence-corrected chi connectivity index (χ1v) is 7.17. The maximum absolute atomic E-state index is 11.6. The highest BCUT2D eigenvalue weighted by molar-refractivity contribution is 7.88. The molecule has 0 N–H and O–H groups in total. The SMILES string of the molecule is CC(C)[C@@H](c1ccccc1)N(C)S(C)(=O)=O. The van der Waals surface area contributed by atoms with Gasteiger partial charge in [-0.25, -0.2) is 8.42 Å². The molecule has 0 fully saturated rings. The normalized spacial score (nSPS) is 14.4. The Hall–Kier alpha value is -0.870. The summed E-state index contributed by atoms with van der Waals surface area (Å²) in [7, 11) is -1.53. The Bertz CT molecular complexity index is 426. The number of hydrogen-bond acceptors (Lipinski definition) is 2. The summed E-state index contributed by atoms with van der Waals surface area (Å²) < 4.78 is 24.6. The molecule has 0 amide bonds. The standard InChI is InChI=1S/C12H19NO2S/c1-10(2)12(13(3)16(4,14)15)11-8-6-5-7-9-11/h5-10,12H,1-4H3/t12-/m0/s1. The van der Waals surface area contributed by atoms with Crippen LogP contribution < -0.4 is 0 Å². The third-order valence-electron chi connectivity index (χ3n) is 2.69. The van der Waals surface area contributed by atoms with Crippen molar-refractivity contribution in [2.75, 3.05) is 13.3 Å². The summed E-state index contributed by atoms with van der Waals surface area (Å²) in [5.74, 6) is 0.238. The Morgan fingerprint density at radius 3 is 2.00 bits per heavy atom. The average molecular weight is 241 g/mol. The molecule has 0 aliphatic rings. The molecule has 0 heterocycles. The molecule has 3 nitrogen and oxygen atoms in total. The second-order valence-corrected chi connectivity index (χ2v) is 6.42. The van der Waals surface area contributed by atoms with Gasteiger partial charge in [0, 0.05) is 7.05 Å². The van der Waals surface area contributed by atoms with Crippen molar-refractivity contribution < 1.29 is 8.42 Å². The lowest BCUT2D eigenvalue weighted by Gasteiger charge is -2.29. The summed E-state index contributed by atoms with van der Waals surface area (Å²) in [6, 6.07) is 9.62. The highest BCUT2D eigenvalue weighted by atomic mass is 32.2. The number of sulfonamides is 1. The Morgan fingerprint density at radius 2 is 1.62 bits per heavy atom. The predicted octanol–water partition coefficient (Wildman–Crippen LogP) is 2.28. The molecule has 4 heteroatoms. The van der Waals surface area contributed by atoms with E-state index in [-0.39, 0.29) is 12.0 Å². The molecule has 1 rings (SSSR count). The molecule has 0 unspecified atom stereocenters. The lowest BCUT2D eigenvalue weighted by Crippen LogP contribution is -2.33. The minimum Gasteiger partial charge on any atom is -0.212 e. The van der Waals surface area contributed by atoms with Crippen LogP contribution in [0.5, 0.6) is 0 Å². The summed E-state index contributed by atoms with van der Waals surface area (Å²) in [5.41, 5.74) is 1.03. The van der Waals surface area contributed by atoms with Gasteiger partial charge in [-0.15, -0.1) is 0 Å². The van der Waals surface area contributed by atoms with Crippen molar-refractivity contribution in [3.05, 3.63) is 35.9 Å². The molecule has 0 saturated heterocycles. The zero-order valence-corrected chi connectivity index (χ0v) is 11.0. The van der Waals surface area contributed by atoms with Crippen molar-refractivity contribution in [3.8, 4) is 0 Å². The molecule has 1 aromatic rings. The number of hydrogen-bond donors (Lipinski definition) is 0. The van der Waals surface area contributed by atoms with E-state index < -0.39 is 10.0 Å². The van der Waals surface area contributed by atoms with E-state index in [0.29, 0.717) is 0 Å². The lowest BCUT2D eigenvalue weighted by atomic mass is 9.96. The monoisotopic (exact) mass is 241 g/mol. The molecule has 1 aromatic carbocycles. The smallest absolute Gasteiger partial charge is 0.211 e. The van der Waals surface area contributed by atoms with Crippen LogP contribution in [0.1, 0.15) is 25.5 Å². The van der Waals surface area contributed by atoms with Gasteiger partial charge >= 0.3 is 0 Å². The van der Waals surface area contributed by atoms with Crippen LogP contribution in [-0.2, 0) is 10.0 Å². The van der Waals surface area contributed by atoms with Gasteiger partial charge in [0.2, 0.25) is 10.0 Å². The second-order valence-electron chi connectivity index (χ2n) is 4.38. The minimum atomic E-state index is -3.16. The van der Waals surface area contributed by atoms with E-state index in [1.54, 1.807) is 7.05 Å². The van der Waals surface area contributed by atoms with E-state index in [4.69, 9.17) is 0 Å². The summed E-state index contributed by atoms with van der Waals surface area (Å²) >= 11 is 0. The molecule has 0 spiro atoms. The van der Waals surface area contributed by atoms with Gasteiger partial charge in [0.1, 0.15) is 0 Å². The van der Waals surface area contributed by atoms with Crippen molar-refractivity contribution in [2.45, 2.75) is 19.9 Å². The number of rotatable bonds is 4. The van der Waals surface area contributed by atoms with E-state index in [1.807, 2.05) is 44.2 Å². The van der Waals surface area contributed by atoms with Gasteiger partial charge in [0.15, 0.2) is 0 Å². The van der Waals surface area contributed by atoms with Gasteiger partial charge in [0.25, 0.3) is 0 Å². The van der Waals surface area contributed by atoms with Crippen LogP contribution in [-0.4, -0.2) is 26.0 Å². The van der Waals surface area contributed by atoms with Gasteiger partial charge in [0.05, 0.1) is 12.3 Å². The topological polar surface area (TPSA) is 37.4 Å². The molecular weight excluding hydrogens is 222 g/mol. The van der Waals surface area contributed by atoms with Crippen LogP contribution in [0.3, 0.4) is 0 Å². The summed E-state index contributed by atoms with van der Waals surface area (Å²) in [6.07, 6.45) is 1.24. The third-order valence-corrected chi connectivity index (χ3v) is 3.96. The predicted molar refractivity (Wildman–Crippen MR) is 66.6 cm³/mol. The van der Waals surface area contributed by atoms with E-state index in [0.717, 1.165) is 5.56 Å². The van der Waals surface area contributed by atoms with Crippen LogP contribution in [0, 0.1) is 5.92 Å². The molecule has 0 radical (unpaired) electrons.